The lowest BCUT2D eigenvalue weighted by atomic mass is 9.79. The fraction of sp³-hybridized carbons (Fsp3) is 0.548. The maximum atomic E-state index is 12.0. The van der Waals surface area contributed by atoms with Gasteiger partial charge in [-0.15, -0.1) is 0 Å². The summed E-state index contributed by atoms with van der Waals surface area (Å²) >= 11 is 0. The molecule has 0 atom stereocenters. The first kappa shape index (κ1) is 28.6. The zero-order valence-corrected chi connectivity index (χ0v) is 23.2. The SMILES string of the molecule is CCc1cc(Cc2cc(CC)c(CC(C)(C)C(N)=O)c(CC)c2)cc(CC)c1CC(C)(C)C(N)=O. The van der Waals surface area contributed by atoms with E-state index < -0.39 is 10.8 Å². The molecule has 0 aromatic heterocycles. The van der Waals surface area contributed by atoms with Crippen LogP contribution in [0.25, 0.3) is 0 Å². The highest BCUT2D eigenvalue weighted by Crippen LogP contribution is 2.31. The van der Waals surface area contributed by atoms with Crippen molar-refractivity contribution >= 4 is 11.8 Å². The Bertz CT molecular complexity index is 944. The third-order valence-electron chi connectivity index (χ3n) is 7.49. The van der Waals surface area contributed by atoms with Crippen LogP contribution in [0.2, 0.25) is 0 Å². The number of primary amides is 2. The first-order valence-corrected chi connectivity index (χ1v) is 13.2. The van der Waals surface area contributed by atoms with Crippen molar-refractivity contribution in [3.63, 3.8) is 0 Å². The Hall–Kier alpha value is -2.62. The zero-order chi connectivity index (χ0) is 26.6. The minimum absolute atomic E-state index is 0.260. The summed E-state index contributed by atoms with van der Waals surface area (Å²) in [5.41, 5.74) is 20.6. The van der Waals surface area contributed by atoms with Crippen molar-refractivity contribution in [2.45, 2.75) is 100 Å². The van der Waals surface area contributed by atoms with Crippen LogP contribution in [0.15, 0.2) is 24.3 Å². The molecule has 4 nitrogen and oxygen atoms in total. The molecule has 0 radical (unpaired) electrons. The summed E-state index contributed by atoms with van der Waals surface area (Å²) in [5.74, 6) is -0.519. The van der Waals surface area contributed by atoms with E-state index in [4.69, 9.17) is 11.5 Å². The van der Waals surface area contributed by atoms with Crippen LogP contribution in [0.4, 0.5) is 0 Å². The van der Waals surface area contributed by atoms with Gasteiger partial charge in [0.2, 0.25) is 11.8 Å². The molecule has 2 aromatic carbocycles. The Morgan fingerprint density at radius 2 is 0.857 bits per heavy atom. The summed E-state index contributed by atoms with van der Waals surface area (Å²) in [6, 6.07) is 9.25. The van der Waals surface area contributed by atoms with E-state index in [-0.39, 0.29) is 11.8 Å². The molecule has 0 fully saturated rings. The van der Waals surface area contributed by atoms with Gasteiger partial charge in [0, 0.05) is 10.8 Å². The molecular formula is C31H46N2O2. The van der Waals surface area contributed by atoms with Crippen molar-refractivity contribution in [2.75, 3.05) is 0 Å². The molecule has 2 aromatic rings. The van der Waals surface area contributed by atoms with Crippen molar-refractivity contribution < 1.29 is 9.59 Å². The Balaban J connectivity index is 2.51. The molecule has 0 aliphatic rings. The fourth-order valence-corrected chi connectivity index (χ4v) is 4.95. The third kappa shape index (κ3) is 6.74. The minimum atomic E-state index is -0.573. The van der Waals surface area contributed by atoms with E-state index in [0.717, 1.165) is 32.1 Å². The van der Waals surface area contributed by atoms with E-state index in [1.54, 1.807) is 0 Å². The molecule has 4 N–H and O–H groups in total. The number of aryl methyl sites for hydroxylation is 4. The number of rotatable bonds is 12. The molecule has 0 saturated heterocycles. The average molecular weight is 479 g/mol. The Morgan fingerprint density at radius 1 is 0.600 bits per heavy atom. The van der Waals surface area contributed by atoms with Crippen LogP contribution in [0.1, 0.15) is 99.9 Å². The molecule has 4 heteroatoms. The van der Waals surface area contributed by atoms with E-state index in [1.807, 2.05) is 27.7 Å². The van der Waals surface area contributed by atoms with Crippen LogP contribution >= 0.6 is 0 Å². The minimum Gasteiger partial charge on any atom is -0.369 e. The maximum absolute atomic E-state index is 12.0. The molecule has 0 spiro atoms. The van der Waals surface area contributed by atoms with E-state index in [1.165, 1.54) is 44.5 Å². The van der Waals surface area contributed by atoms with Gasteiger partial charge in [0.25, 0.3) is 0 Å². The summed E-state index contributed by atoms with van der Waals surface area (Å²) in [4.78, 5) is 24.0. The number of benzene rings is 2. The average Bonchev–Trinajstić information content (AvgIpc) is 2.79. The van der Waals surface area contributed by atoms with Gasteiger partial charge in [-0.3, -0.25) is 9.59 Å². The van der Waals surface area contributed by atoms with Crippen LogP contribution in [0.3, 0.4) is 0 Å². The Labute approximate surface area is 212 Å². The molecule has 2 amide bonds. The van der Waals surface area contributed by atoms with Gasteiger partial charge in [-0.2, -0.15) is 0 Å². The van der Waals surface area contributed by atoms with Gasteiger partial charge in [-0.1, -0.05) is 79.7 Å². The van der Waals surface area contributed by atoms with Crippen LogP contribution < -0.4 is 11.5 Å². The molecule has 0 bridgehead atoms. The van der Waals surface area contributed by atoms with E-state index in [2.05, 4.69) is 52.0 Å². The number of hydrogen-bond donors (Lipinski definition) is 2. The highest BCUT2D eigenvalue weighted by Gasteiger charge is 2.29. The Kier molecular flexibility index (Phi) is 9.33. The van der Waals surface area contributed by atoms with Crippen LogP contribution in [-0.4, -0.2) is 11.8 Å². The van der Waals surface area contributed by atoms with Crippen molar-refractivity contribution in [3.05, 3.63) is 68.8 Å². The van der Waals surface area contributed by atoms with Crippen molar-refractivity contribution in [2.24, 2.45) is 22.3 Å². The van der Waals surface area contributed by atoms with Crippen molar-refractivity contribution in [1.82, 2.24) is 0 Å². The quantitative estimate of drug-likeness (QED) is 0.414. The van der Waals surface area contributed by atoms with Crippen LogP contribution in [-0.2, 0) is 54.5 Å². The molecular weight excluding hydrogens is 432 g/mol. The topological polar surface area (TPSA) is 86.2 Å². The number of nitrogens with two attached hydrogens (primary N) is 2. The second-order valence-corrected chi connectivity index (χ2v) is 11.2. The van der Waals surface area contributed by atoms with Gasteiger partial charge in [-0.05, 0) is 89.5 Å². The molecule has 0 unspecified atom stereocenters. The molecule has 192 valence electrons. The van der Waals surface area contributed by atoms with Gasteiger partial charge < -0.3 is 11.5 Å². The largest absolute Gasteiger partial charge is 0.369 e. The number of hydrogen-bond acceptors (Lipinski definition) is 2. The van der Waals surface area contributed by atoms with Crippen molar-refractivity contribution in [3.8, 4) is 0 Å². The highest BCUT2D eigenvalue weighted by molar-refractivity contribution is 5.81. The highest BCUT2D eigenvalue weighted by atomic mass is 16.1. The summed E-state index contributed by atoms with van der Waals surface area (Å²) in [6.45, 7) is 16.4. The van der Waals surface area contributed by atoms with E-state index >= 15 is 0 Å². The van der Waals surface area contributed by atoms with E-state index in [9.17, 15) is 9.59 Å². The van der Waals surface area contributed by atoms with Gasteiger partial charge in [0.15, 0.2) is 0 Å². The first-order valence-electron chi connectivity index (χ1n) is 13.2. The van der Waals surface area contributed by atoms with Gasteiger partial charge in [0.05, 0.1) is 0 Å². The molecule has 0 saturated carbocycles. The van der Waals surface area contributed by atoms with Gasteiger partial charge in [0.1, 0.15) is 0 Å². The standard InChI is InChI=1S/C31H46N2O2/c1-9-22-14-20(15-23(10-2)26(22)18-30(5,6)28(32)34)13-21-16-24(11-3)27(25(12-4)17-21)19-31(7,8)29(33)35/h14-17H,9-13,18-19H2,1-8H3,(H2,32,34)(H2,33,35). The summed E-state index contributed by atoms with van der Waals surface area (Å²) in [7, 11) is 0. The lowest BCUT2D eigenvalue weighted by Crippen LogP contribution is -2.34. The number of carbonyl (C=O) groups excluding carboxylic acids is 2. The zero-order valence-electron chi connectivity index (χ0n) is 23.2. The van der Waals surface area contributed by atoms with Crippen LogP contribution in [0.5, 0.6) is 0 Å². The molecule has 2 rings (SSSR count). The lowest BCUT2D eigenvalue weighted by Gasteiger charge is -2.26. The van der Waals surface area contributed by atoms with Crippen molar-refractivity contribution in [1.29, 1.82) is 0 Å². The predicted octanol–water partition coefficient (Wildman–Crippen LogP) is 5.64. The van der Waals surface area contributed by atoms with Gasteiger partial charge in [-0.25, -0.2) is 0 Å². The third-order valence-corrected chi connectivity index (χ3v) is 7.49. The summed E-state index contributed by atoms with van der Waals surface area (Å²) < 4.78 is 0. The second-order valence-electron chi connectivity index (χ2n) is 11.2. The van der Waals surface area contributed by atoms with Crippen LogP contribution in [0, 0.1) is 10.8 Å². The predicted molar refractivity (Wildman–Crippen MR) is 147 cm³/mol. The van der Waals surface area contributed by atoms with Gasteiger partial charge >= 0.3 is 0 Å². The smallest absolute Gasteiger partial charge is 0.223 e. The number of carbonyl (C=O) groups is 2. The Morgan fingerprint density at radius 3 is 1.06 bits per heavy atom. The fourth-order valence-electron chi connectivity index (χ4n) is 4.95. The summed E-state index contributed by atoms with van der Waals surface area (Å²) in [6.07, 6.45) is 5.88. The molecule has 0 aliphatic heterocycles. The van der Waals surface area contributed by atoms with E-state index in [0.29, 0.717) is 12.8 Å². The second kappa shape index (κ2) is 11.4. The molecule has 0 heterocycles. The maximum Gasteiger partial charge on any atom is 0.223 e. The molecule has 0 aliphatic carbocycles. The summed E-state index contributed by atoms with van der Waals surface area (Å²) in [5, 5.41) is 0. The number of amides is 2. The normalized spacial score (nSPS) is 12.1. The first-order chi connectivity index (χ1) is 16.3. The molecule has 35 heavy (non-hydrogen) atoms. The monoisotopic (exact) mass is 478 g/mol. The lowest BCUT2D eigenvalue weighted by molar-refractivity contribution is -0.126.